The molecule has 0 aliphatic heterocycles. The lowest BCUT2D eigenvalue weighted by molar-refractivity contribution is 1.27. The Labute approximate surface area is 105 Å². The summed E-state index contributed by atoms with van der Waals surface area (Å²) in [4.78, 5) is 7.52. The van der Waals surface area contributed by atoms with Gasteiger partial charge >= 0.3 is 0 Å². The van der Waals surface area contributed by atoms with Crippen molar-refractivity contribution in [2.45, 2.75) is 6.42 Å². The van der Waals surface area contributed by atoms with Crippen LogP contribution in [0.3, 0.4) is 0 Å². The van der Waals surface area contributed by atoms with Crippen LogP contribution in [0, 0.1) is 11.3 Å². The van der Waals surface area contributed by atoms with Crippen molar-refractivity contribution in [3.8, 4) is 17.3 Å². The van der Waals surface area contributed by atoms with E-state index in [2.05, 4.69) is 22.1 Å². The molecule has 3 heteroatoms. The Morgan fingerprint density at radius 1 is 1.22 bits per heavy atom. The first kappa shape index (κ1) is 10.5. The van der Waals surface area contributed by atoms with Gasteiger partial charge in [-0.1, -0.05) is 12.1 Å². The van der Waals surface area contributed by atoms with E-state index in [0.717, 1.165) is 27.7 Å². The van der Waals surface area contributed by atoms with Crippen LogP contribution in [0.5, 0.6) is 0 Å². The molecule has 0 unspecified atom stereocenters. The van der Waals surface area contributed by atoms with Gasteiger partial charge in [0.25, 0.3) is 0 Å². The maximum atomic E-state index is 8.81. The average Bonchev–Trinajstić information content (AvgIpc) is 2.83. The van der Waals surface area contributed by atoms with Gasteiger partial charge in [-0.25, -0.2) is 0 Å². The highest BCUT2D eigenvalue weighted by atomic mass is 14.7. The van der Waals surface area contributed by atoms with Crippen molar-refractivity contribution in [2.24, 2.45) is 0 Å². The van der Waals surface area contributed by atoms with E-state index >= 15 is 0 Å². The third-order valence-electron chi connectivity index (χ3n) is 3.00. The van der Waals surface area contributed by atoms with Crippen LogP contribution in [0.25, 0.3) is 22.2 Å². The largest absolute Gasteiger partial charge is 0.361 e. The van der Waals surface area contributed by atoms with Crippen LogP contribution in [0.4, 0.5) is 0 Å². The van der Waals surface area contributed by atoms with Crippen LogP contribution in [0.2, 0.25) is 0 Å². The van der Waals surface area contributed by atoms with Crippen LogP contribution in [-0.2, 0) is 6.42 Å². The first-order valence-corrected chi connectivity index (χ1v) is 5.77. The van der Waals surface area contributed by atoms with Crippen LogP contribution < -0.4 is 0 Å². The van der Waals surface area contributed by atoms with Gasteiger partial charge in [0.15, 0.2) is 0 Å². The summed E-state index contributed by atoms with van der Waals surface area (Å²) in [5.41, 5.74) is 4.11. The van der Waals surface area contributed by atoms with Crippen LogP contribution in [0.1, 0.15) is 5.56 Å². The van der Waals surface area contributed by atoms with Gasteiger partial charge in [0.1, 0.15) is 0 Å². The predicted octanol–water partition coefficient (Wildman–Crippen LogP) is 3.30. The van der Waals surface area contributed by atoms with Crippen molar-refractivity contribution in [3.05, 3.63) is 54.4 Å². The van der Waals surface area contributed by atoms with Crippen LogP contribution in [-0.4, -0.2) is 9.97 Å². The number of hydrogen-bond acceptors (Lipinski definition) is 2. The van der Waals surface area contributed by atoms with E-state index in [9.17, 15) is 0 Å². The molecule has 18 heavy (non-hydrogen) atoms. The number of benzene rings is 1. The van der Waals surface area contributed by atoms with Crippen molar-refractivity contribution in [1.29, 1.82) is 5.26 Å². The fourth-order valence-electron chi connectivity index (χ4n) is 2.10. The normalized spacial score (nSPS) is 10.4. The maximum Gasteiger partial charge on any atom is 0.0702 e. The Hall–Kier alpha value is -2.60. The molecule has 0 fully saturated rings. The molecule has 0 amide bonds. The summed E-state index contributed by atoms with van der Waals surface area (Å²) >= 11 is 0. The lowest BCUT2D eigenvalue weighted by atomic mass is 10.1. The van der Waals surface area contributed by atoms with E-state index in [1.165, 1.54) is 0 Å². The van der Waals surface area contributed by atoms with Gasteiger partial charge in [-0.2, -0.15) is 5.26 Å². The Morgan fingerprint density at radius 3 is 2.94 bits per heavy atom. The number of pyridine rings is 1. The highest BCUT2D eigenvalue weighted by molar-refractivity contribution is 5.87. The SMILES string of the molecule is N#CCc1c[nH]c2ccc(-c3ccccn3)cc12. The van der Waals surface area contributed by atoms with Gasteiger partial charge < -0.3 is 4.98 Å². The molecule has 1 N–H and O–H groups in total. The van der Waals surface area contributed by atoms with Crippen molar-refractivity contribution in [1.82, 2.24) is 9.97 Å². The molecule has 2 heterocycles. The zero-order valence-corrected chi connectivity index (χ0v) is 9.72. The summed E-state index contributed by atoms with van der Waals surface area (Å²) in [5.74, 6) is 0. The second-order valence-corrected chi connectivity index (χ2v) is 4.12. The molecule has 0 saturated carbocycles. The molecule has 3 rings (SSSR count). The van der Waals surface area contributed by atoms with Crippen molar-refractivity contribution >= 4 is 10.9 Å². The van der Waals surface area contributed by atoms with E-state index in [1.807, 2.05) is 36.5 Å². The summed E-state index contributed by atoms with van der Waals surface area (Å²) in [6, 6.07) is 14.2. The summed E-state index contributed by atoms with van der Waals surface area (Å²) in [5, 5.41) is 9.90. The Kier molecular flexibility index (Phi) is 2.54. The molecule has 0 saturated heterocycles. The van der Waals surface area contributed by atoms with Crippen molar-refractivity contribution in [2.75, 3.05) is 0 Å². The van der Waals surface area contributed by atoms with E-state index in [4.69, 9.17) is 5.26 Å². The maximum absolute atomic E-state index is 8.81. The highest BCUT2D eigenvalue weighted by Crippen LogP contribution is 2.25. The first-order chi connectivity index (χ1) is 8.88. The van der Waals surface area contributed by atoms with E-state index < -0.39 is 0 Å². The number of rotatable bonds is 2. The molecule has 0 spiro atoms. The van der Waals surface area contributed by atoms with Crippen molar-refractivity contribution < 1.29 is 0 Å². The summed E-state index contributed by atoms with van der Waals surface area (Å²) in [6.07, 6.45) is 4.11. The standard InChI is InChI=1S/C15H11N3/c16-7-6-12-10-18-15-5-4-11(9-13(12)15)14-3-1-2-8-17-14/h1-5,8-10,18H,6H2. The molecule has 0 aliphatic carbocycles. The minimum atomic E-state index is 0.422. The molecular weight excluding hydrogens is 222 g/mol. The topological polar surface area (TPSA) is 52.5 Å². The number of nitriles is 1. The number of aromatic nitrogens is 2. The average molecular weight is 233 g/mol. The van der Waals surface area contributed by atoms with Gasteiger partial charge in [0, 0.05) is 28.9 Å². The first-order valence-electron chi connectivity index (χ1n) is 5.77. The lowest BCUT2D eigenvalue weighted by Crippen LogP contribution is -1.83. The zero-order chi connectivity index (χ0) is 12.4. The third-order valence-corrected chi connectivity index (χ3v) is 3.00. The number of fused-ring (bicyclic) bond motifs is 1. The van der Waals surface area contributed by atoms with Crippen LogP contribution >= 0.6 is 0 Å². The summed E-state index contributed by atoms with van der Waals surface area (Å²) < 4.78 is 0. The number of H-pyrrole nitrogens is 1. The van der Waals surface area contributed by atoms with Crippen molar-refractivity contribution in [3.63, 3.8) is 0 Å². The second-order valence-electron chi connectivity index (χ2n) is 4.12. The molecule has 1 aromatic carbocycles. The molecule has 0 bridgehead atoms. The number of nitrogens with one attached hydrogen (secondary N) is 1. The lowest BCUT2D eigenvalue weighted by Gasteiger charge is -2.01. The van der Waals surface area contributed by atoms with Gasteiger partial charge in [0.2, 0.25) is 0 Å². The Morgan fingerprint density at radius 2 is 2.17 bits per heavy atom. The third kappa shape index (κ3) is 1.74. The molecule has 0 aliphatic rings. The van der Waals surface area contributed by atoms with Gasteiger partial charge in [-0.3, -0.25) is 4.98 Å². The zero-order valence-electron chi connectivity index (χ0n) is 9.72. The van der Waals surface area contributed by atoms with E-state index in [-0.39, 0.29) is 0 Å². The Balaban J connectivity index is 2.16. The molecule has 3 aromatic rings. The highest BCUT2D eigenvalue weighted by Gasteiger charge is 2.05. The van der Waals surface area contributed by atoms with Crippen LogP contribution in [0.15, 0.2) is 48.8 Å². The number of hydrogen-bond donors (Lipinski definition) is 1. The quantitative estimate of drug-likeness (QED) is 0.738. The predicted molar refractivity (Wildman–Crippen MR) is 70.8 cm³/mol. The van der Waals surface area contributed by atoms with E-state index in [0.29, 0.717) is 6.42 Å². The number of nitrogens with zero attached hydrogens (tertiary/aromatic N) is 2. The molecule has 3 nitrogen and oxygen atoms in total. The fraction of sp³-hybridized carbons (Fsp3) is 0.0667. The molecule has 86 valence electrons. The summed E-state index contributed by atoms with van der Waals surface area (Å²) in [6.45, 7) is 0. The number of aromatic amines is 1. The minimum absolute atomic E-state index is 0.422. The smallest absolute Gasteiger partial charge is 0.0702 e. The minimum Gasteiger partial charge on any atom is -0.361 e. The second kappa shape index (κ2) is 4.34. The molecule has 0 radical (unpaired) electrons. The molecule has 0 atom stereocenters. The van der Waals surface area contributed by atoms with Gasteiger partial charge in [-0.05, 0) is 29.8 Å². The van der Waals surface area contributed by atoms with Gasteiger partial charge in [-0.15, -0.1) is 0 Å². The Bertz CT molecular complexity index is 720. The molecular formula is C15H11N3. The van der Waals surface area contributed by atoms with Gasteiger partial charge in [0.05, 0.1) is 18.2 Å². The summed E-state index contributed by atoms with van der Waals surface area (Å²) in [7, 11) is 0. The van der Waals surface area contributed by atoms with E-state index in [1.54, 1.807) is 6.20 Å². The fourth-order valence-corrected chi connectivity index (χ4v) is 2.10. The monoisotopic (exact) mass is 233 g/mol. The molecule has 2 aromatic heterocycles.